The van der Waals surface area contributed by atoms with Gasteiger partial charge in [-0.3, -0.25) is 0 Å². The molecular weight excluding hydrogens is 277 g/mol. The first-order valence-electron chi connectivity index (χ1n) is 5.97. The van der Waals surface area contributed by atoms with Gasteiger partial charge in [-0.05, 0) is 43.7 Å². The molecule has 1 aromatic rings. The van der Waals surface area contributed by atoms with E-state index in [0.29, 0.717) is 21.1 Å². The fourth-order valence-electron chi connectivity index (χ4n) is 2.26. The average molecular weight is 293 g/mol. The normalized spacial score (nSPS) is 24.7. The van der Waals surface area contributed by atoms with Crippen molar-refractivity contribution in [3.63, 3.8) is 0 Å². The van der Waals surface area contributed by atoms with Gasteiger partial charge in [0.25, 0.3) is 0 Å². The van der Waals surface area contributed by atoms with Gasteiger partial charge in [0.15, 0.2) is 0 Å². The van der Waals surface area contributed by atoms with Crippen molar-refractivity contribution in [2.24, 2.45) is 5.92 Å². The first-order valence-corrected chi connectivity index (χ1v) is 7.10. The van der Waals surface area contributed by atoms with Crippen LogP contribution < -0.4 is 5.32 Å². The fourth-order valence-corrected chi connectivity index (χ4v) is 2.86. The number of benzene rings is 1. The summed E-state index contributed by atoms with van der Waals surface area (Å²) in [5.74, 6) is 0.845. The van der Waals surface area contributed by atoms with E-state index in [1.807, 2.05) is 6.07 Å². The van der Waals surface area contributed by atoms with E-state index in [1.54, 1.807) is 6.07 Å². The summed E-state index contributed by atoms with van der Waals surface area (Å²) in [6, 6.07) is 4.00. The van der Waals surface area contributed by atoms with E-state index in [9.17, 15) is 0 Å². The van der Waals surface area contributed by atoms with Crippen LogP contribution in [0.25, 0.3) is 0 Å². The lowest BCUT2D eigenvalue weighted by Crippen LogP contribution is -2.25. The molecule has 0 radical (unpaired) electrons. The van der Waals surface area contributed by atoms with Crippen molar-refractivity contribution in [1.82, 2.24) is 0 Å². The van der Waals surface area contributed by atoms with Crippen molar-refractivity contribution < 1.29 is 0 Å². The molecule has 1 N–H and O–H groups in total. The highest BCUT2D eigenvalue weighted by molar-refractivity contribution is 6.44. The van der Waals surface area contributed by atoms with Crippen molar-refractivity contribution in [3.8, 4) is 0 Å². The second-order valence-corrected chi connectivity index (χ2v) is 6.07. The van der Waals surface area contributed by atoms with Crippen LogP contribution in [0, 0.1) is 5.92 Å². The Hall–Kier alpha value is -0.110. The summed E-state index contributed by atoms with van der Waals surface area (Å²) in [7, 11) is 0. The molecule has 0 atom stereocenters. The van der Waals surface area contributed by atoms with Gasteiger partial charge in [-0.15, -0.1) is 0 Å². The summed E-state index contributed by atoms with van der Waals surface area (Å²) in [4.78, 5) is 0. The second-order valence-electron chi connectivity index (χ2n) is 4.85. The molecule has 1 saturated carbocycles. The van der Waals surface area contributed by atoms with E-state index in [2.05, 4.69) is 12.2 Å². The van der Waals surface area contributed by atoms with Crippen LogP contribution in [0.2, 0.25) is 15.1 Å². The lowest BCUT2D eigenvalue weighted by Gasteiger charge is -2.28. The predicted molar refractivity (Wildman–Crippen MR) is 76.5 cm³/mol. The third-order valence-electron chi connectivity index (χ3n) is 3.39. The number of hydrogen-bond acceptors (Lipinski definition) is 1. The van der Waals surface area contributed by atoms with Crippen LogP contribution in [0.4, 0.5) is 5.69 Å². The molecule has 0 spiro atoms. The Labute approximate surface area is 117 Å². The predicted octanol–water partition coefficient (Wildman–Crippen LogP) is 5.64. The minimum atomic E-state index is 0.500. The summed E-state index contributed by atoms with van der Waals surface area (Å²) in [5, 5.41) is 5.14. The zero-order valence-corrected chi connectivity index (χ0v) is 12.0. The number of anilines is 1. The molecule has 0 aliphatic heterocycles. The van der Waals surface area contributed by atoms with Gasteiger partial charge in [-0.2, -0.15) is 0 Å². The van der Waals surface area contributed by atoms with Crippen LogP contribution in [0.5, 0.6) is 0 Å². The van der Waals surface area contributed by atoms with Gasteiger partial charge in [0, 0.05) is 6.04 Å². The summed E-state index contributed by atoms with van der Waals surface area (Å²) in [5.41, 5.74) is 0.889. The number of halogens is 3. The summed E-state index contributed by atoms with van der Waals surface area (Å²) < 4.78 is 0. The minimum absolute atomic E-state index is 0.500. The van der Waals surface area contributed by atoms with E-state index >= 15 is 0 Å². The topological polar surface area (TPSA) is 12.0 Å². The third kappa shape index (κ3) is 3.43. The molecule has 1 aliphatic carbocycles. The van der Waals surface area contributed by atoms with E-state index in [-0.39, 0.29) is 0 Å². The van der Waals surface area contributed by atoms with Crippen molar-refractivity contribution in [1.29, 1.82) is 0 Å². The van der Waals surface area contributed by atoms with Gasteiger partial charge in [0.2, 0.25) is 0 Å². The van der Waals surface area contributed by atoms with Crippen LogP contribution in [-0.2, 0) is 0 Å². The largest absolute Gasteiger partial charge is 0.381 e. The Kier molecular flexibility index (Phi) is 4.46. The van der Waals surface area contributed by atoms with Gasteiger partial charge in [-0.25, -0.2) is 0 Å². The lowest BCUT2D eigenvalue weighted by atomic mass is 9.87. The summed E-state index contributed by atoms with van der Waals surface area (Å²) in [6.45, 7) is 2.31. The van der Waals surface area contributed by atoms with E-state index < -0.39 is 0 Å². The van der Waals surface area contributed by atoms with Crippen molar-refractivity contribution in [3.05, 3.63) is 27.2 Å². The molecule has 1 aliphatic rings. The molecule has 0 saturated heterocycles. The Morgan fingerprint density at radius 1 is 0.941 bits per heavy atom. The monoisotopic (exact) mass is 291 g/mol. The maximum absolute atomic E-state index is 6.14. The molecule has 0 unspecified atom stereocenters. The summed E-state index contributed by atoms with van der Waals surface area (Å²) >= 11 is 18.0. The molecule has 1 aromatic carbocycles. The van der Waals surface area contributed by atoms with Crippen molar-refractivity contribution in [2.75, 3.05) is 5.32 Å². The van der Waals surface area contributed by atoms with Crippen molar-refractivity contribution in [2.45, 2.75) is 38.6 Å². The first-order chi connectivity index (χ1) is 8.06. The van der Waals surface area contributed by atoms with Gasteiger partial charge in [0.05, 0.1) is 20.8 Å². The maximum Gasteiger partial charge on any atom is 0.0653 e. The molecule has 0 bridgehead atoms. The van der Waals surface area contributed by atoms with E-state index in [4.69, 9.17) is 34.8 Å². The molecule has 2 rings (SSSR count). The molecule has 1 nitrogen and oxygen atoms in total. The van der Waals surface area contributed by atoms with Crippen LogP contribution in [0.1, 0.15) is 32.6 Å². The van der Waals surface area contributed by atoms with E-state index in [0.717, 1.165) is 11.6 Å². The molecule has 4 heteroatoms. The molecule has 17 heavy (non-hydrogen) atoms. The quantitative estimate of drug-likeness (QED) is 0.696. The Bertz CT molecular complexity index is 398. The highest BCUT2D eigenvalue weighted by Gasteiger charge is 2.19. The minimum Gasteiger partial charge on any atom is -0.381 e. The highest BCUT2D eigenvalue weighted by Crippen LogP contribution is 2.34. The van der Waals surface area contributed by atoms with Crippen LogP contribution in [0.15, 0.2) is 12.1 Å². The van der Waals surface area contributed by atoms with Gasteiger partial charge >= 0.3 is 0 Å². The smallest absolute Gasteiger partial charge is 0.0653 e. The second kappa shape index (κ2) is 5.69. The number of nitrogens with one attached hydrogen (secondary N) is 1. The first kappa shape index (κ1) is 13.3. The van der Waals surface area contributed by atoms with Gasteiger partial charge < -0.3 is 5.32 Å². The van der Waals surface area contributed by atoms with Crippen LogP contribution in [-0.4, -0.2) is 6.04 Å². The van der Waals surface area contributed by atoms with Crippen molar-refractivity contribution >= 4 is 40.5 Å². The number of rotatable bonds is 2. The zero-order valence-electron chi connectivity index (χ0n) is 9.77. The molecule has 94 valence electrons. The molecule has 1 fully saturated rings. The Balaban J connectivity index is 2.06. The standard InChI is InChI=1S/C13H16Cl3N/c1-8-2-4-9(5-3-8)17-13-7-11(15)10(14)6-12(13)16/h6-9,17H,2-5H2,1H3. The summed E-state index contributed by atoms with van der Waals surface area (Å²) in [6.07, 6.45) is 4.93. The zero-order chi connectivity index (χ0) is 12.4. The van der Waals surface area contributed by atoms with Crippen LogP contribution in [0.3, 0.4) is 0 Å². The number of hydrogen-bond donors (Lipinski definition) is 1. The molecule has 0 amide bonds. The van der Waals surface area contributed by atoms with Gasteiger partial charge in [0.1, 0.15) is 0 Å². The highest BCUT2D eigenvalue weighted by atomic mass is 35.5. The van der Waals surface area contributed by atoms with Gasteiger partial charge in [-0.1, -0.05) is 41.7 Å². The Morgan fingerprint density at radius 3 is 2.18 bits per heavy atom. The molecule has 0 aromatic heterocycles. The SMILES string of the molecule is CC1CCC(Nc2cc(Cl)c(Cl)cc2Cl)CC1. The van der Waals surface area contributed by atoms with E-state index in [1.165, 1.54) is 25.7 Å². The maximum atomic E-state index is 6.14. The fraction of sp³-hybridized carbons (Fsp3) is 0.538. The molecule has 0 heterocycles. The molecular formula is C13H16Cl3N. The lowest BCUT2D eigenvalue weighted by molar-refractivity contribution is 0.361. The third-order valence-corrected chi connectivity index (χ3v) is 4.42. The van der Waals surface area contributed by atoms with Crippen LogP contribution >= 0.6 is 34.8 Å². The average Bonchev–Trinajstić information content (AvgIpc) is 2.29. The Morgan fingerprint density at radius 2 is 1.53 bits per heavy atom.